The summed E-state index contributed by atoms with van der Waals surface area (Å²) in [5.41, 5.74) is 5.93. The molecule has 0 aromatic rings. The molecule has 0 aromatic carbocycles. The molecule has 4 heteroatoms. The molecule has 0 spiro atoms. The van der Waals surface area contributed by atoms with Crippen LogP contribution in [0, 0.1) is 5.92 Å². The van der Waals surface area contributed by atoms with Crippen molar-refractivity contribution in [3.63, 3.8) is 0 Å². The van der Waals surface area contributed by atoms with Crippen molar-refractivity contribution in [2.45, 2.75) is 51.1 Å². The summed E-state index contributed by atoms with van der Waals surface area (Å²) in [7, 11) is 1.92. The lowest BCUT2D eigenvalue weighted by atomic mass is 9.86. The maximum absolute atomic E-state index is 12.1. The van der Waals surface area contributed by atoms with Crippen molar-refractivity contribution in [1.82, 2.24) is 4.90 Å². The highest BCUT2D eigenvalue weighted by atomic mass is 32.2. The Kier molecular flexibility index (Phi) is 6.34. The van der Waals surface area contributed by atoms with Crippen molar-refractivity contribution in [3.05, 3.63) is 0 Å². The third-order valence-electron chi connectivity index (χ3n) is 3.83. The Morgan fingerprint density at radius 2 is 2.00 bits per heavy atom. The third kappa shape index (κ3) is 4.51. The Morgan fingerprint density at radius 3 is 2.53 bits per heavy atom. The number of amides is 1. The van der Waals surface area contributed by atoms with Gasteiger partial charge in [0.1, 0.15) is 0 Å². The highest BCUT2D eigenvalue weighted by Crippen LogP contribution is 2.26. The number of rotatable bonds is 5. The monoisotopic (exact) mass is 258 g/mol. The summed E-state index contributed by atoms with van der Waals surface area (Å²) in [6, 6.07) is 0.103. The second-order valence-electron chi connectivity index (χ2n) is 5.25. The molecule has 17 heavy (non-hydrogen) atoms. The molecule has 1 saturated carbocycles. The third-order valence-corrected chi connectivity index (χ3v) is 4.47. The summed E-state index contributed by atoms with van der Waals surface area (Å²) in [6.45, 7) is 2.29. The van der Waals surface area contributed by atoms with Gasteiger partial charge < -0.3 is 10.6 Å². The lowest BCUT2D eigenvalue weighted by Crippen LogP contribution is -2.47. The number of hydrogen-bond acceptors (Lipinski definition) is 3. The molecular weight excluding hydrogens is 232 g/mol. The van der Waals surface area contributed by atoms with E-state index >= 15 is 0 Å². The predicted octanol–water partition coefficient (Wildman–Crippen LogP) is 2.10. The first-order chi connectivity index (χ1) is 8.06. The van der Waals surface area contributed by atoms with E-state index in [1.165, 1.54) is 12.8 Å². The summed E-state index contributed by atoms with van der Waals surface area (Å²) in [5, 5.41) is 0. The molecular formula is C13H26N2OS. The Bertz CT molecular complexity index is 240. The topological polar surface area (TPSA) is 46.3 Å². The van der Waals surface area contributed by atoms with Crippen LogP contribution in [0.5, 0.6) is 0 Å². The predicted molar refractivity (Wildman–Crippen MR) is 75.2 cm³/mol. The minimum atomic E-state index is -0.313. The highest BCUT2D eigenvalue weighted by molar-refractivity contribution is 7.98. The van der Waals surface area contributed by atoms with Crippen LogP contribution in [-0.4, -0.2) is 41.9 Å². The van der Waals surface area contributed by atoms with Crippen molar-refractivity contribution in [2.75, 3.05) is 19.1 Å². The summed E-state index contributed by atoms with van der Waals surface area (Å²) in [4.78, 5) is 14.0. The van der Waals surface area contributed by atoms with Crippen molar-refractivity contribution < 1.29 is 4.79 Å². The maximum Gasteiger partial charge on any atom is 0.239 e. The molecule has 0 heterocycles. The minimum absolute atomic E-state index is 0.124. The second kappa shape index (κ2) is 7.27. The summed E-state index contributed by atoms with van der Waals surface area (Å²) in [5.74, 6) is 1.90. The molecule has 1 amide bonds. The number of nitrogens with zero attached hydrogens (tertiary/aromatic N) is 1. The standard InChI is InChI=1S/C13H26N2OS/c1-10-4-6-11(7-5-10)15(2)13(16)12(14)8-9-17-3/h10-12H,4-9,14H2,1-3H3/t10?,11?,12-/m1/s1. The van der Waals surface area contributed by atoms with E-state index in [1.54, 1.807) is 11.8 Å². The summed E-state index contributed by atoms with van der Waals surface area (Å²) < 4.78 is 0. The molecule has 1 fully saturated rings. The number of hydrogen-bond donors (Lipinski definition) is 1. The van der Waals surface area contributed by atoms with Gasteiger partial charge in [-0.05, 0) is 50.0 Å². The maximum atomic E-state index is 12.1. The Labute approximate surface area is 109 Å². The average Bonchev–Trinajstić information content (AvgIpc) is 2.35. The Balaban J connectivity index is 2.40. The van der Waals surface area contributed by atoms with Gasteiger partial charge in [-0.1, -0.05) is 6.92 Å². The van der Waals surface area contributed by atoms with Crippen molar-refractivity contribution >= 4 is 17.7 Å². The van der Waals surface area contributed by atoms with Gasteiger partial charge in [0.25, 0.3) is 0 Å². The lowest BCUT2D eigenvalue weighted by molar-refractivity contribution is -0.134. The molecule has 1 aliphatic rings. The molecule has 3 nitrogen and oxygen atoms in total. The first kappa shape index (κ1) is 14.8. The fraction of sp³-hybridized carbons (Fsp3) is 0.923. The fourth-order valence-corrected chi connectivity index (χ4v) is 2.93. The van der Waals surface area contributed by atoms with E-state index in [9.17, 15) is 4.79 Å². The van der Waals surface area contributed by atoms with E-state index in [2.05, 4.69) is 6.92 Å². The quantitative estimate of drug-likeness (QED) is 0.821. The van der Waals surface area contributed by atoms with Crippen molar-refractivity contribution in [3.8, 4) is 0 Å². The molecule has 0 saturated heterocycles. The molecule has 0 aliphatic heterocycles. The fourth-order valence-electron chi connectivity index (χ4n) is 2.44. The smallest absolute Gasteiger partial charge is 0.239 e. The molecule has 0 unspecified atom stereocenters. The van der Waals surface area contributed by atoms with Crippen LogP contribution in [0.3, 0.4) is 0 Å². The normalized spacial score (nSPS) is 26.6. The van der Waals surface area contributed by atoms with Gasteiger partial charge in [0.2, 0.25) is 5.91 Å². The Morgan fingerprint density at radius 1 is 1.41 bits per heavy atom. The van der Waals surface area contributed by atoms with Crippen LogP contribution in [0.1, 0.15) is 39.0 Å². The second-order valence-corrected chi connectivity index (χ2v) is 6.24. The van der Waals surface area contributed by atoms with Gasteiger partial charge in [-0.25, -0.2) is 0 Å². The number of carbonyl (C=O) groups is 1. The zero-order valence-electron chi connectivity index (χ0n) is 11.3. The van der Waals surface area contributed by atoms with Gasteiger partial charge in [-0.15, -0.1) is 0 Å². The highest BCUT2D eigenvalue weighted by Gasteiger charge is 2.27. The number of carbonyl (C=O) groups excluding carboxylic acids is 1. The summed E-state index contributed by atoms with van der Waals surface area (Å²) >= 11 is 1.74. The molecule has 0 radical (unpaired) electrons. The van der Waals surface area contributed by atoms with Crippen LogP contribution in [0.4, 0.5) is 0 Å². The molecule has 1 atom stereocenters. The van der Waals surface area contributed by atoms with Crippen LogP contribution >= 0.6 is 11.8 Å². The van der Waals surface area contributed by atoms with E-state index in [0.717, 1.165) is 30.9 Å². The molecule has 100 valence electrons. The van der Waals surface area contributed by atoms with Gasteiger partial charge >= 0.3 is 0 Å². The SMILES string of the molecule is CSCC[C@@H](N)C(=O)N(C)C1CCC(C)CC1. The van der Waals surface area contributed by atoms with E-state index in [-0.39, 0.29) is 11.9 Å². The molecule has 2 N–H and O–H groups in total. The van der Waals surface area contributed by atoms with E-state index in [4.69, 9.17) is 5.73 Å². The zero-order valence-corrected chi connectivity index (χ0v) is 12.1. The Hall–Kier alpha value is -0.220. The largest absolute Gasteiger partial charge is 0.341 e. The number of thioether (sulfide) groups is 1. The molecule has 1 rings (SSSR count). The minimum Gasteiger partial charge on any atom is -0.341 e. The van der Waals surface area contributed by atoms with Crippen molar-refractivity contribution in [1.29, 1.82) is 0 Å². The first-order valence-electron chi connectivity index (χ1n) is 6.57. The molecule has 0 aromatic heterocycles. The van der Waals surface area contributed by atoms with Crippen molar-refractivity contribution in [2.24, 2.45) is 11.7 Å². The van der Waals surface area contributed by atoms with Crippen LogP contribution in [0.25, 0.3) is 0 Å². The number of likely N-dealkylation sites (N-methyl/N-ethyl adjacent to an activating group) is 1. The van der Waals surface area contributed by atoms with Gasteiger partial charge in [0, 0.05) is 13.1 Å². The zero-order chi connectivity index (χ0) is 12.8. The van der Waals surface area contributed by atoms with E-state index < -0.39 is 0 Å². The van der Waals surface area contributed by atoms with Crippen LogP contribution in [-0.2, 0) is 4.79 Å². The van der Waals surface area contributed by atoms with Gasteiger partial charge in [-0.3, -0.25) is 4.79 Å². The van der Waals surface area contributed by atoms with Crippen LogP contribution in [0.15, 0.2) is 0 Å². The van der Waals surface area contributed by atoms with Crippen LogP contribution in [0.2, 0.25) is 0 Å². The van der Waals surface area contributed by atoms with Gasteiger partial charge in [-0.2, -0.15) is 11.8 Å². The van der Waals surface area contributed by atoms with Gasteiger partial charge in [0.05, 0.1) is 6.04 Å². The van der Waals surface area contributed by atoms with E-state index in [1.807, 2.05) is 18.2 Å². The van der Waals surface area contributed by atoms with Gasteiger partial charge in [0.15, 0.2) is 0 Å². The summed E-state index contributed by atoms with van der Waals surface area (Å²) in [6.07, 6.45) is 7.58. The average molecular weight is 258 g/mol. The van der Waals surface area contributed by atoms with E-state index in [0.29, 0.717) is 6.04 Å². The first-order valence-corrected chi connectivity index (χ1v) is 7.96. The lowest BCUT2D eigenvalue weighted by Gasteiger charge is -2.34. The van der Waals surface area contributed by atoms with Crippen LogP contribution < -0.4 is 5.73 Å². The molecule has 0 bridgehead atoms. The number of nitrogens with two attached hydrogens (primary N) is 1. The molecule has 1 aliphatic carbocycles.